The molecule has 2 heteroatoms. The second-order valence-electron chi connectivity index (χ2n) is 6.03. The smallest absolute Gasteiger partial charge is 0.164 e. The number of ether oxygens (including phenoxy) is 1. The predicted molar refractivity (Wildman–Crippen MR) is 69.0 cm³/mol. The van der Waals surface area contributed by atoms with Crippen LogP contribution in [0.25, 0.3) is 0 Å². The molecule has 17 heavy (non-hydrogen) atoms. The highest BCUT2D eigenvalue weighted by Crippen LogP contribution is 2.39. The Labute approximate surface area is 105 Å². The van der Waals surface area contributed by atoms with E-state index in [1.807, 2.05) is 6.92 Å². The highest BCUT2D eigenvalue weighted by molar-refractivity contribution is 5.87. The van der Waals surface area contributed by atoms with Crippen molar-refractivity contribution in [1.29, 1.82) is 0 Å². The van der Waals surface area contributed by atoms with Crippen LogP contribution in [0.2, 0.25) is 0 Å². The van der Waals surface area contributed by atoms with Gasteiger partial charge in [0.15, 0.2) is 5.78 Å². The van der Waals surface area contributed by atoms with Crippen molar-refractivity contribution in [3.05, 3.63) is 0 Å². The van der Waals surface area contributed by atoms with Crippen LogP contribution in [0.4, 0.5) is 0 Å². The molecule has 2 aliphatic rings. The zero-order valence-electron chi connectivity index (χ0n) is 11.3. The van der Waals surface area contributed by atoms with Crippen LogP contribution in [0.3, 0.4) is 0 Å². The van der Waals surface area contributed by atoms with Crippen LogP contribution < -0.4 is 0 Å². The van der Waals surface area contributed by atoms with Crippen molar-refractivity contribution < 1.29 is 9.53 Å². The van der Waals surface area contributed by atoms with Crippen LogP contribution in [0.1, 0.15) is 65.2 Å². The molecule has 0 saturated heterocycles. The van der Waals surface area contributed by atoms with Crippen molar-refractivity contribution in [3.8, 4) is 0 Å². The van der Waals surface area contributed by atoms with Gasteiger partial charge < -0.3 is 4.74 Å². The summed E-state index contributed by atoms with van der Waals surface area (Å²) in [6.07, 6.45) is 8.80. The molecule has 2 fully saturated rings. The van der Waals surface area contributed by atoms with E-state index in [4.69, 9.17) is 4.74 Å². The number of Topliss-reactive ketones (excluding diaryl/α,β-unsaturated/α-hetero) is 1. The maximum atomic E-state index is 12.5. The lowest BCUT2D eigenvalue weighted by Gasteiger charge is -2.39. The van der Waals surface area contributed by atoms with Crippen LogP contribution >= 0.6 is 0 Å². The van der Waals surface area contributed by atoms with E-state index in [0.717, 1.165) is 38.0 Å². The van der Waals surface area contributed by atoms with E-state index in [1.165, 1.54) is 19.3 Å². The number of hydrogen-bond donors (Lipinski definition) is 0. The summed E-state index contributed by atoms with van der Waals surface area (Å²) in [6, 6.07) is 0. The van der Waals surface area contributed by atoms with Crippen LogP contribution in [0, 0.1) is 11.8 Å². The summed E-state index contributed by atoms with van der Waals surface area (Å²) >= 11 is 0. The van der Waals surface area contributed by atoms with Crippen molar-refractivity contribution in [1.82, 2.24) is 0 Å². The molecule has 2 rings (SSSR count). The maximum absolute atomic E-state index is 12.5. The second-order valence-corrected chi connectivity index (χ2v) is 6.03. The number of hydrogen-bond acceptors (Lipinski definition) is 2. The molecule has 0 heterocycles. The highest BCUT2D eigenvalue weighted by Gasteiger charge is 2.42. The minimum absolute atomic E-state index is 0.399. The normalized spacial score (nSPS) is 34.4. The molecule has 0 radical (unpaired) electrons. The Balaban J connectivity index is 1.96. The topological polar surface area (TPSA) is 26.3 Å². The van der Waals surface area contributed by atoms with Crippen molar-refractivity contribution in [2.24, 2.45) is 11.8 Å². The lowest BCUT2D eigenvalue weighted by atomic mass is 9.72. The third-order valence-corrected chi connectivity index (χ3v) is 4.71. The minimum Gasteiger partial charge on any atom is -0.368 e. The lowest BCUT2D eigenvalue weighted by molar-refractivity contribution is -0.151. The first-order valence-corrected chi connectivity index (χ1v) is 7.33. The fourth-order valence-electron chi connectivity index (χ4n) is 3.15. The molecule has 0 N–H and O–H groups in total. The Hall–Kier alpha value is -0.370. The summed E-state index contributed by atoms with van der Waals surface area (Å²) in [5, 5.41) is 0. The fraction of sp³-hybridized carbons (Fsp3) is 0.933. The Kier molecular flexibility index (Phi) is 4.24. The van der Waals surface area contributed by atoms with Gasteiger partial charge in [0.2, 0.25) is 0 Å². The molecule has 0 spiro atoms. The van der Waals surface area contributed by atoms with E-state index in [-0.39, 0.29) is 0 Å². The molecular weight excluding hydrogens is 212 g/mol. The first-order valence-electron chi connectivity index (χ1n) is 7.33. The summed E-state index contributed by atoms with van der Waals surface area (Å²) in [5.74, 6) is 1.83. The average molecular weight is 238 g/mol. The van der Waals surface area contributed by atoms with E-state index in [1.54, 1.807) is 0 Å². The van der Waals surface area contributed by atoms with Crippen LogP contribution in [-0.4, -0.2) is 18.0 Å². The zero-order valence-corrected chi connectivity index (χ0v) is 11.3. The molecular formula is C15H26O2. The molecule has 0 aliphatic heterocycles. The SMILES string of the molecule is CCOC1(C(=O)CC2CCC2)CCC(C)CC1. The molecule has 2 aliphatic carbocycles. The van der Waals surface area contributed by atoms with E-state index >= 15 is 0 Å². The molecule has 2 nitrogen and oxygen atoms in total. The molecule has 0 aromatic heterocycles. The monoisotopic (exact) mass is 238 g/mol. The van der Waals surface area contributed by atoms with Gasteiger partial charge in [-0.1, -0.05) is 26.2 Å². The van der Waals surface area contributed by atoms with Crippen molar-refractivity contribution >= 4 is 5.78 Å². The summed E-state index contributed by atoms with van der Waals surface area (Å²) in [7, 11) is 0. The first-order chi connectivity index (χ1) is 8.16. The molecule has 0 aromatic rings. The van der Waals surface area contributed by atoms with Crippen molar-refractivity contribution in [3.63, 3.8) is 0 Å². The van der Waals surface area contributed by atoms with Gasteiger partial charge in [0.1, 0.15) is 5.60 Å². The van der Waals surface area contributed by atoms with Gasteiger partial charge in [0.25, 0.3) is 0 Å². The van der Waals surface area contributed by atoms with Crippen LogP contribution in [-0.2, 0) is 9.53 Å². The Morgan fingerprint density at radius 2 is 1.88 bits per heavy atom. The quantitative estimate of drug-likeness (QED) is 0.729. The van der Waals surface area contributed by atoms with E-state index < -0.39 is 5.60 Å². The molecule has 0 aromatic carbocycles. The van der Waals surface area contributed by atoms with Gasteiger partial charge in [-0.05, 0) is 44.4 Å². The summed E-state index contributed by atoms with van der Waals surface area (Å²) < 4.78 is 5.90. The van der Waals surface area contributed by atoms with Crippen LogP contribution in [0.15, 0.2) is 0 Å². The number of rotatable bonds is 5. The number of carbonyl (C=O) groups excluding carboxylic acids is 1. The predicted octanol–water partition coefficient (Wildman–Crippen LogP) is 3.73. The van der Waals surface area contributed by atoms with E-state index in [2.05, 4.69) is 6.92 Å². The Morgan fingerprint density at radius 1 is 1.24 bits per heavy atom. The molecule has 2 saturated carbocycles. The van der Waals surface area contributed by atoms with Gasteiger partial charge >= 0.3 is 0 Å². The van der Waals surface area contributed by atoms with Gasteiger partial charge in [-0.2, -0.15) is 0 Å². The van der Waals surface area contributed by atoms with Crippen molar-refractivity contribution in [2.45, 2.75) is 70.8 Å². The van der Waals surface area contributed by atoms with Crippen molar-refractivity contribution in [2.75, 3.05) is 6.61 Å². The van der Waals surface area contributed by atoms with Crippen LogP contribution in [0.5, 0.6) is 0 Å². The molecule has 0 unspecified atom stereocenters. The van der Waals surface area contributed by atoms with E-state index in [0.29, 0.717) is 18.3 Å². The van der Waals surface area contributed by atoms with E-state index in [9.17, 15) is 4.79 Å². The molecule has 0 bridgehead atoms. The van der Waals surface area contributed by atoms with Gasteiger partial charge in [-0.15, -0.1) is 0 Å². The number of ketones is 1. The zero-order chi connectivity index (χ0) is 12.3. The lowest BCUT2D eigenvalue weighted by Crippen LogP contribution is -2.45. The summed E-state index contributed by atoms with van der Waals surface area (Å²) in [5.41, 5.74) is -0.406. The summed E-state index contributed by atoms with van der Waals surface area (Å²) in [6.45, 7) is 4.97. The third kappa shape index (κ3) is 2.90. The van der Waals surface area contributed by atoms with Gasteiger partial charge in [0, 0.05) is 13.0 Å². The largest absolute Gasteiger partial charge is 0.368 e. The van der Waals surface area contributed by atoms with Gasteiger partial charge in [-0.3, -0.25) is 4.79 Å². The first kappa shape index (κ1) is 13.1. The number of carbonyl (C=O) groups is 1. The Morgan fingerprint density at radius 3 is 2.35 bits per heavy atom. The maximum Gasteiger partial charge on any atom is 0.164 e. The molecule has 98 valence electrons. The fourth-order valence-corrected chi connectivity index (χ4v) is 3.15. The second kappa shape index (κ2) is 5.51. The third-order valence-electron chi connectivity index (χ3n) is 4.71. The molecule has 0 atom stereocenters. The van der Waals surface area contributed by atoms with Gasteiger partial charge in [-0.25, -0.2) is 0 Å². The summed E-state index contributed by atoms with van der Waals surface area (Å²) in [4.78, 5) is 12.5. The average Bonchev–Trinajstić information content (AvgIpc) is 2.27. The minimum atomic E-state index is -0.406. The molecule has 0 amide bonds. The standard InChI is InChI=1S/C15H26O2/c1-3-17-15(9-7-12(2)8-10-15)14(16)11-13-5-4-6-13/h12-13H,3-11H2,1-2H3. The Bertz CT molecular complexity index is 260. The highest BCUT2D eigenvalue weighted by atomic mass is 16.5. The van der Waals surface area contributed by atoms with Gasteiger partial charge in [0.05, 0.1) is 0 Å².